The zero-order valence-corrected chi connectivity index (χ0v) is 17.6. The summed E-state index contributed by atoms with van der Waals surface area (Å²) in [4.78, 5) is 27.2. The third-order valence-electron chi connectivity index (χ3n) is 4.29. The Hall–Kier alpha value is -1.94. The van der Waals surface area contributed by atoms with Crippen molar-refractivity contribution in [3.63, 3.8) is 0 Å². The predicted octanol–water partition coefficient (Wildman–Crippen LogP) is 2.53. The second-order valence-electron chi connectivity index (χ2n) is 6.48. The van der Waals surface area contributed by atoms with Crippen LogP contribution in [0.25, 0.3) is 0 Å². The van der Waals surface area contributed by atoms with Crippen molar-refractivity contribution in [2.24, 2.45) is 0 Å². The Bertz CT molecular complexity index is 853. The van der Waals surface area contributed by atoms with Crippen molar-refractivity contribution in [3.05, 3.63) is 45.0 Å². The molecule has 150 valence electrons. The molecule has 0 aliphatic carbocycles. The van der Waals surface area contributed by atoms with Gasteiger partial charge in [-0.15, -0.1) is 0 Å². The molecule has 1 aromatic carbocycles. The van der Waals surface area contributed by atoms with Crippen LogP contribution in [0.1, 0.15) is 27.8 Å². The fourth-order valence-electron chi connectivity index (χ4n) is 2.90. The van der Waals surface area contributed by atoms with Crippen molar-refractivity contribution in [2.75, 3.05) is 38.2 Å². The summed E-state index contributed by atoms with van der Waals surface area (Å²) < 4.78 is 5.71. The second kappa shape index (κ2) is 9.51. The average Bonchev–Trinajstić information content (AvgIpc) is 3.03. The van der Waals surface area contributed by atoms with E-state index >= 15 is 0 Å². The number of hydrogen-bond acceptors (Lipinski definition) is 5. The summed E-state index contributed by atoms with van der Waals surface area (Å²) in [7, 11) is 0. The molecule has 0 bridgehead atoms. The maximum Gasteiger partial charge on any atom is 0.273 e. The molecule has 2 aromatic rings. The number of anilines is 1. The molecule has 1 aliphatic rings. The fourth-order valence-corrected chi connectivity index (χ4v) is 3.57. The zero-order chi connectivity index (χ0) is 20.1. The molecule has 0 spiro atoms. The lowest BCUT2D eigenvalue weighted by atomic mass is 10.2. The van der Waals surface area contributed by atoms with E-state index in [9.17, 15) is 9.59 Å². The van der Waals surface area contributed by atoms with E-state index in [1.807, 2.05) is 6.92 Å². The van der Waals surface area contributed by atoms with Crippen LogP contribution in [-0.4, -0.2) is 65.8 Å². The van der Waals surface area contributed by atoms with Crippen LogP contribution in [0, 0.1) is 0 Å². The van der Waals surface area contributed by atoms with Crippen molar-refractivity contribution in [1.29, 1.82) is 0 Å². The number of nitrogens with one attached hydrogen (secondary N) is 3. The van der Waals surface area contributed by atoms with Gasteiger partial charge >= 0.3 is 0 Å². The van der Waals surface area contributed by atoms with Crippen LogP contribution in [0.3, 0.4) is 0 Å². The van der Waals surface area contributed by atoms with Crippen molar-refractivity contribution in [2.45, 2.75) is 13.0 Å². The number of aromatic nitrogens is 2. The molecule has 0 saturated carbocycles. The summed E-state index contributed by atoms with van der Waals surface area (Å²) >= 11 is 9.37. The molecule has 1 unspecified atom stereocenters. The highest BCUT2D eigenvalue weighted by Gasteiger charge is 2.22. The van der Waals surface area contributed by atoms with Crippen molar-refractivity contribution >= 4 is 45.2 Å². The molecular weight excluding hydrogens is 450 g/mol. The Morgan fingerprint density at radius 2 is 2.04 bits per heavy atom. The molecule has 3 rings (SSSR count). The first-order valence-corrected chi connectivity index (χ1v) is 10.0. The van der Waals surface area contributed by atoms with Crippen LogP contribution in [0.5, 0.6) is 0 Å². The highest BCUT2D eigenvalue weighted by molar-refractivity contribution is 9.10. The van der Waals surface area contributed by atoms with Gasteiger partial charge in [0, 0.05) is 25.7 Å². The van der Waals surface area contributed by atoms with Crippen LogP contribution >= 0.6 is 27.5 Å². The summed E-state index contributed by atoms with van der Waals surface area (Å²) in [5.41, 5.74) is 0.499. The van der Waals surface area contributed by atoms with Crippen molar-refractivity contribution < 1.29 is 14.3 Å². The van der Waals surface area contributed by atoms with E-state index < -0.39 is 5.91 Å². The summed E-state index contributed by atoms with van der Waals surface area (Å²) in [5, 5.41) is 12.6. The smallest absolute Gasteiger partial charge is 0.273 e. The van der Waals surface area contributed by atoms with E-state index in [-0.39, 0.29) is 23.5 Å². The molecule has 3 N–H and O–H groups in total. The van der Waals surface area contributed by atoms with Gasteiger partial charge in [-0.2, -0.15) is 5.10 Å². The Labute approximate surface area is 176 Å². The van der Waals surface area contributed by atoms with Crippen LogP contribution < -0.4 is 10.6 Å². The van der Waals surface area contributed by atoms with E-state index in [2.05, 4.69) is 41.7 Å². The van der Waals surface area contributed by atoms with Crippen molar-refractivity contribution in [3.8, 4) is 0 Å². The maximum atomic E-state index is 12.5. The Balaban J connectivity index is 1.61. The molecule has 8 nitrogen and oxygen atoms in total. The largest absolute Gasteiger partial charge is 0.379 e. The lowest BCUT2D eigenvalue weighted by molar-refractivity contribution is 0.0342. The Kier molecular flexibility index (Phi) is 7.06. The lowest BCUT2D eigenvalue weighted by Crippen LogP contribution is -2.46. The topological polar surface area (TPSA) is 99.3 Å². The zero-order valence-electron chi connectivity index (χ0n) is 15.3. The molecule has 28 heavy (non-hydrogen) atoms. The number of carbonyl (C=O) groups excluding carboxylic acids is 2. The number of rotatable bonds is 6. The minimum atomic E-state index is -0.400. The Morgan fingerprint density at radius 1 is 1.32 bits per heavy atom. The van der Waals surface area contributed by atoms with Crippen LogP contribution in [0.15, 0.2) is 28.7 Å². The number of nitrogens with zero attached hydrogens (tertiary/aromatic N) is 2. The fraction of sp³-hybridized carbons (Fsp3) is 0.389. The molecule has 1 fully saturated rings. The highest BCUT2D eigenvalue weighted by atomic mass is 79.9. The number of carbonyl (C=O) groups is 2. The minimum Gasteiger partial charge on any atom is -0.379 e. The number of hydrogen-bond donors (Lipinski definition) is 3. The van der Waals surface area contributed by atoms with Crippen molar-refractivity contribution in [1.82, 2.24) is 20.4 Å². The third kappa shape index (κ3) is 5.11. The van der Waals surface area contributed by atoms with Gasteiger partial charge in [0.05, 0.1) is 28.3 Å². The summed E-state index contributed by atoms with van der Waals surface area (Å²) in [6, 6.07) is 6.65. The maximum absolute atomic E-state index is 12.5. The van der Waals surface area contributed by atoms with E-state index in [1.54, 1.807) is 24.3 Å². The minimum absolute atomic E-state index is 0.0598. The van der Waals surface area contributed by atoms with Gasteiger partial charge in [-0.25, -0.2) is 0 Å². The first kappa shape index (κ1) is 20.8. The number of amides is 2. The number of halogens is 2. The van der Waals surface area contributed by atoms with Crippen LogP contribution in [0.2, 0.25) is 5.02 Å². The summed E-state index contributed by atoms with van der Waals surface area (Å²) in [6.07, 6.45) is 0. The van der Waals surface area contributed by atoms with Gasteiger partial charge in [0.1, 0.15) is 5.82 Å². The van der Waals surface area contributed by atoms with E-state index in [1.165, 1.54) is 0 Å². The molecular formula is C18H21BrClN5O3. The molecule has 1 aromatic heterocycles. The number of ether oxygens (including phenoxy) is 1. The molecule has 1 saturated heterocycles. The predicted molar refractivity (Wildman–Crippen MR) is 110 cm³/mol. The van der Waals surface area contributed by atoms with Crippen LogP contribution in [-0.2, 0) is 4.74 Å². The van der Waals surface area contributed by atoms with Gasteiger partial charge in [-0.3, -0.25) is 19.6 Å². The van der Waals surface area contributed by atoms with E-state index in [4.69, 9.17) is 16.3 Å². The van der Waals surface area contributed by atoms with E-state index in [0.717, 1.165) is 19.6 Å². The number of benzene rings is 1. The van der Waals surface area contributed by atoms with Gasteiger partial charge in [0.25, 0.3) is 11.8 Å². The van der Waals surface area contributed by atoms with Gasteiger partial charge in [-0.05, 0) is 35.0 Å². The first-order chi connectivity index (χ1) is 13.5. The Morgan fingerprint density at radius 3 is 2.75 bits per heavy atom. The standard InChI is InChI=1S/C18H21BrClN5O3/c1-11(10-25-6-8-28-9-7-25)21-18(27)15-14(19)16(24-23-15)22-17(26)12-4-2-3-5-13(12)20/h2-5,11H,6-10H2,1H3,(H,21,27)(H2,22,23,24,26). The average molecular weight is 471 g/mol. The third-order valence-corrected chi connectivity index (χ3v) is 5.39. The number of aromatic amines is 1. The lowest BCUT2D eigenvalue weighted by Gasteiger charge is -2.29. The highest BCUT2D eigenvalue weighted by Crippen LogP contribution is 2.25. The normalized spacial score (nSPS) is 15.8. The van der Waals surface area contributed by atoms with Gasteiger partial charge in [-0.1, -0.05) is 23.7 Å². The molecule has 2 amide bonds. The number of morpholine rings is 1. The quantitative estimate of drug-likeness (QED) is 0.602. The molecule has 1 aliphatic heterocycles. The molecule has 2 heterocycles. The van der Waals surface area contributed by atoms with Crippen LogP contribution in [0.4, 0.5) is 5.82 Å². The van der Waals surface area contributed by atoms with Gasteiger partial charge in [0.2, 0.25) is 0 Å². The SMILES string of the molecule is CC(CN1CCOCC1)NC(=O)c1n[nH]c(NC(=O)c2ccccc2Cl)c1Br. The van der Waals surface area contributed by atoms with Gasteiger partial charge in [0.15, 0.2) is 5.69 Å². The summed E-state index contributed by atoms with van der Waals surface area (Å²) in [6.45, 7) is 5.79. The van der Waals surface area contributed by atoms with E-state index in [0.29, 0.717) is 28.3 Å². The second-order valence-corrected chi connectivity index (χ2v) is 7.68. The summed E-state index contributed by atoms with van der Waals surface area (Å²) in [5.74, 6) is -0.444. The molecule has 0 radical (unpaired) electrons. The molecule has 10 heteroatoms. The van der Waals surface area contributed by atoms with Gasteiger partial charge < -0.3 is 15.4 Å². The monoisotopic (exact) mass is 469 g/mol. The number of H-pyrrole nitrogens is 1. The molecule has 1 atom stereocenters. The first-order valence-electron chi connectivity index (χ1n) is 8.86.